The minimum atomic E-state index is -0.416. The third kappa shape index (κ3) is 4.98. The molecular weight excluding hydrogens is 436 g/mol. The van der Waals surface area contributed by atoms with Gasteiger partial charge in [0.1, 0.15) is 5.75 Å². The summed E-state index contributed by atoms with van der Waals surface area (Å²) in [5.74, 6) is 0.152. The van der Waals surface area contributed by atoms with Gasteiger partial charge < -0.3 is 19.9 Å². The number of rotatable bonds is 6. The van der Waals surface area contributed by atoms with Crippen molar-refractivity contribution in [3.05, 3.63) is 94.0 Å². The standard InChI is InChI=1S/C25H24N4O5/c1-34-21-11-9-18(10-12-21)24(30)26-23-8-3-2-7-22(23)25(31)28-15-13-27(14-16-28)19-5-4-6-20(17-19)29(32)33/h2-12,17H,13-16H2,1H3,(H,26,30). The summed E-state index contributed by atoms with van der Waals surface area (Å²) in [6, 6.07) is 20.1. The number of carbonyl (C=O) groups excluding carboxylic acids is 2. The van der Waals surface area contributed by atoms with Crippen molar-refractivity contribution in [2.45, 2.75) is 0 Å². The maximum atomic E-state index is 13.3. The number of non-ortho nitro benzene ring substituents is 1. The summed E-state index contributed by atoms with van der Waals surface area (Å²) in [6.45, 7) is 2.02. The summed E-state index contributed by atoms with van der Waals surface area (Å²) in [7, 11) is 1.56. The Morgan fingerprint density at radius 2 is 1.65 bits per heavy atom. The molecule has 2 amide bonds. The molecule has 0 aliphatic carbocycles. The number of anilines is 2. The van der Waals surface area contributed by atoms with Crippen LogP contribution >= 0.6 is 0 Å². The molecule has 1 heterocycles. The van der Waals surface area contributed by atoms with Crippen LogP contribution in [0.3, 0.4) is 0 Å². The molecule has 9 heteroatoms. The molecule has 1 N–H and O–H groups in total. The zero-order valence-electron chi connectivity index (χ0n) is 18.6. The van der Waals surface area contributed by atoms with Crippen molar-refractivity contribution in [2.24, 2.45) is 0 Å². The topological polar surface area (TPSA) is 105 Å². The molecule has 0 atom stereocenters. The fraction of sp³-hybridized carbons (Fsp3) is 0.200. The van der Waals surface area contributed by atoms with E-state index < -0.39 is 4.92 Å². The predicted molar refractivity (Wildman–Crippen MR) is 129 cm³/mol. The largest absolute Gasteiger partial charge is 0.497 e. The average molecular weight is 460 g/mol. The Labute approximate surface area is 196 Å². The van der Waals surface area contributed by atoms with E-state index in [4.69, 9.17) is 4.74 Å². The molecule has 4 rings (SSSR count). The van der Waals surface area contributed by atoms with Gasteiger partial charge in [-0.25, -0.2) is 0 Å². The molecule has 34 heavy (non-hydrogen) atoms. The molecule has 9 nitrogen and oxygen atoms in total. The lowest BCUT2D eigenvalue weighted by Gasteiger charge is -2.36. The number of amides is 2. The Morgan fingerprint density at radius 1 is 0.941 bits per heavy atom. The third-order valence-corrected chi connectivity index (χ3v) is 5.73. The fourth-order valence-electron chi connectivity index (χ4n) is 3.86. The summed E-state index contributed by atoms with van der Waals surface area (Å²) in [4.78, 5) is 40.4. The second kappa shape index (κ2) is 10.0. The molecule has 0 spiro atoms. The molecule has 1 fully saturated rings. The van der Waals surface area contributed by atoms with Gasteiger partial charge in [-0.2, -0.15) is 0 Å². The first-order valence-corrected chi connectivity index (χ1v) is 10.8. The number of para-hydroxylation sites is 1. The van der Waals surface area contributed by atoms with E-state index in [0.29, 0.717) is 48.7 Å². The predicted octanol–water partition coefficient (Wildman–Crippen LogP) is 3.82. The Hall–Kier alpha value is -4.40. The van der Waals surface area contributed by atoms with Crippen molar-refractivity contribution in [3.63, 3.8) is 0 Å². The molecule has 3 aromatic rings. The van der Waals surface area contributed by atoms with E-state index in [-0.39, 0.29) is 17.5 Å². The van der Waals surface area contributed by atoms with Crippen LogP contribution in [0.4, 0.5) is 17.1 Å². The highest BCUT2D eigenvalue weighted by Gasteiger charge is 2.25. The molecule has 1 saturated heterocycles. The van der Waals surface area contributed by atoms with Crippen LogP contribution in [0.25, 0.3) is 0 Å². The molecule has 0 radical (unpaired) electrons. The minimum Gasteiger partial charge on any atom is -0.497 e. The van der Waals surface area contributed by atoms with Gasteiger partial charge in [0, 0.05) is 49.6 Å². The molecule has 0 saturated carbocycles. The number of piperazine rings is 1. The molecular formula is C25H24N4O5. The van der Waals surface area contributed by atoms with Crippen LogP contribution in [-0.4, -0.2) is 54.9 Å². The molecule has 0 aromatic heterocycles. The molecule has 174 valence electrons. The highest BCUT2D eigenvalue weighted by Crippen LogP contribution is 2.24. The lowest BCUT2D eigenvalue weighted by Crippen LogP contribution is -2.49. The molecule has 1 aliphatic rings. The van der Waals surface area contributed by atoms with Gasteiger partial charge in [-0.3, -0.25) is 19.7 Å². The summed E-state index contributed by atoms with van der Waals surface area (Å²) in [5.41, 5.74) is 2.10. The molecule has 1 aliphatic heterocycles. The summed E-state index contributed by atoms with van der Waals surface area (Å²) in [5, 5.41) is 13.9. The van der Waals surface area contributed by atoms with E-state index >= 15 is 0 Å². The number of methoxy groups -OCH3 is 1. The average Bonchev–Trinajstić information content (AvgIpc) is 2.89. The van der Waals surface area contributed by atoms with E-state index in [9.17, 15) is 19.7 Å². The summed E-state index contributed by atoms with van der Waals surface area (Å²) in [6.07, 6.45) is 0. The third-order valence-electron chi connectivity index (χ3n) is 5.73. The van der Waals surface area contributed by atoms with Gasteiger partial charge >= 0.3 is 0 Å². The zero-order chi connectivity index (χ0) is 24.1. The van der Waals surface area contributed by atoms with Gasteiger partial charge in [-0.1, -0.05) is 18.2 Å². The number of hydrogen-bond acceptors (Lipinski definition) is 6. The van der Waals surface area contributed by atoms with Crippen LogP contribution in [0.1, 0.15) is 20.7 Å². The van der Waals surface area contributed by atoms with Crippen LogP contribution in [0.5, 0.6) is 5.75 Å². The van der Waals surface area contributed by atoms with Crippen molar-refractivity contribution >= 4 is 28.9 Å². The van der Waals surface area contributed by atoms with Crippen LogP contribution in [0.2, 0.25) is 0 Å². The van der Waals surface area contributed by atoms with E-state index in [0.717, 1.165) is 5.69 Å². The fourth-order valence-corrected chi connectivity index (χ4v) is 3.86. The smallest absolute Gasteiger partial charge is 0.271 e. The first kappa shape index (κ1) is 22.8. The van der Waals surface area contributed by atoms with Crippen molar-refractivity contribution in [1.82, 2.24) is 4.90 Å². The first-order chi connectivity index (χ1) is 16.5. The summed E-state index contributed by atoms with van der Waals surface area (Å²) < 4.78 is 5.12. The minimum absolute atomic E-state index is 0.0394. The van der Waals surface area contributed by atoms with Crippen LogP contribution in [0, 0.1) is 10.1 Å². The Bertz CT molecular complexity index is 1200. The number of benzene rings is 3. The number of ether oxygens (including phenoxy) is 1. The normalized spacial score (nSPS) is 13.3. The quantitative estimate of drug-likeness (QED) is 0.443. The number of nitrogens with zero attached hydrogens (tertiary/aromatic N) is 3. The van der Waals surface area contributed by atoms with Gasteiger partial charge in [0.25, 0.3) is 17.5 Å². The van der Waals surface area contributed by atoms with E-state index in [2.05, 4.69) is 5.32 Å². The highest BCUT2D eigenvalue weighted by atomic mass is 16.6. The van der Waals surface area contributed by atoms with Crippen LogP contribution in [0.15, 0.2) is 72.8 Å². The van der Waals surface area contributed by atoms with Gasteiger partial charge in [0.15, 0.2) is 0 Å². The van der Waals surface area contributed by atoms with Crippen molar-refractivity contribution in [3.8, 4) is 5.75 Å². The number of nitro groups is 1. The molecule has 0 unspecified atom stereocenters. The number of nitrogens with one attached hydrogen (secondary N) is 1. The number of hydrogen-bond donors (Lipinski definition) is 1. The number of carbonyl (C=O) groups is 2. The Kier molecular flexibility index (Phi) is 6.72. The highest BCUT2D eigenvalue weighted by molar-refractivity contribution is 6.09. The summed E-state index contributed by atoms with van der Waals surface area (Å²) >= 11 is 0. The van der Waals surface area contributed by atoms with Gasteiger partial charge in [0.2, 0.25) is 0 Å². The monoisotopic (exact) mass is 460 g/mol. The maximum Gasteiger partial charge on any atom is 0.271 e. The van der Waals surface area contributed by atoms with Gasteiger partial charge in [-0.15, -0.1) is 0 Å². The maximum absolute atomic E-state index is 13.3. The lowest BCUT2D eigenvalue weighted by atomic mass is 10.1. The second-order valence-electron chi connectivity index (χ2n) is 7.78. The Balaban J connectivity index is 1.43. The zero-order valence-corrected chi connectivity index (χ0v) is 18.6. The van der Waals surface area contributed by atoms with E-state index in [1.807, 2.05) is 11.0 Å². The Morgan fingerprint density at radius 3 is 2.32 bits per heavy atom. The van der Waals surface area contributed by atoms with E-state index in [1.165, 1.54) is 6.07 Å². The molecule has 0 bridgehead atoms. The van der Waals surface area contributed by atoms with Crippen molar-refractivity contribution < 1.29 is 19.2 Å². The SMILES string of the molecule is COc1ccc(C(=O)Nc2ccccc2C(=O)N2CCN(c3cccc([N+](=O)[O-])c3)CC2)cc1. The van der Waals surface area contributed by atoms with Gasteiger partial charge in [-0.05, 0) is 42.5 Å². The van der Waals surface area contributed by atoms with E-state index in [1.54, 1.807) is 72.7 Å². The van der Waals surface area contributed by atoms with Gasteiger partial charge in [0.05, 0.1) is 23.3 Å². The first-order valence-electron chi connectivity index (χ1n) is 10.8. The lowest BCUT2D eigenvalue weighted by molar-refractivity contribution is -0.384. The number of nitro benzene ring substituents is 1. The van der Waals surface area contributed by atoms with Crippen molar-refractivity contribution in [1.29, 1.82) is 0 Å². The second-order valence-corrected chi connectivity index (χ2v) is 7.78. The molecule has 3 aromatic carbocycles. The van der Waals surface area contributed by atoms with Crippen molar-refractivity contribution in [2.75, 3.05) is 43.5 Å². The van der Waals surface area contributed by atoms with Crippen LogP contribution < -0.4 is 15.0 Å². The van der Waals surface area contributed by atoms with Crippen LogP contribution in [-0.2, 0) is 0 Å².